The molecule has 0 amide bonds. The molecule has 3 aromatic rings. The number of carbonyl (C=O) groups is 1. The molecule has 0 spiro atoms. The number of nitrogens with zero attached hydrogens (tertiary/aromatic N) is 3. The predicted octanol–water partition coefficient (Wildman–Crippen LogP) is 2.14. The highest BCUT2D eigenvalue weighted by molar-refractivity contribution is 6.18. The van der Waals surface area contributed by atoms with Crippen LogP contribution in [0.4, 0.5) is 0 Å². The molecule has 3 heterocycles. The van der Waals surface area contributed by atoms with Crippen LogP contribution in [0.15, 0.2) is 53.8 Å². The van der Waals surface area contributed by atoms with Crippen molar-refractivity contribution in [3.8, 4) is 0 Å². The summed E-state index contributed by atoms with van der Waals surface area (Å²) in [7, 11) is 1.94. The van der Waals surface area contributed by atoms with Crippen LogP contribution in [0.3, 0.4) is 0 Å². The number of rotatable bonds is 4. The Labute approximate surface area is 168 Å². The van der Waals surface area contributed by atoms with Crippen LogP contribution in [0.5, 0.6) is 0 Å². The number of nitrogens with one attached hydrogen (secondary N) is 3. The molecule has 2 aliphatic heterocycles. The number of aromatic nitrogens is 3. The molecule has 3 N–H and O–H groups in total. The van der Waals surface area contributed by atoms with Crippen LogP contribution in [0.2, 0.25) is 0 Å². The number of benzene rings is 2. The number of Topliss-reactive ketones (excluding diaryl/α,β-unsaturated/α-hetero) is 1. The predicted molar refractivity (Wildman–Crippen MR) is 110 cm³/mol. The van der Waals surface area contributed by atoms with Gasteiger partial charge in [-0.1, -0.05) is 42.5 Å². The lowest BCUT2D eigenvalue weighted by Gasteiger charge is -2.27. The first-order valence-corrected chi connectivity index (χ1v) is 9.78. The molecule has 2 unspecified atom stereocenters. The van der Waals surface area contributed by atoms with Gasteiger partial charge in [-0.05, 0) is 23.7 Å². The van der Waals surface area contributed by atoms with Crippen molar-refractivity contribution in [1.82, 2.24) is 25.8 Å². The van der Waals surface area contributed by atoms with Gasteiger partial charge in [0, 0.05) is 30.3 Å². The number of aliphatic imine (C=N–C) groups is 1. The molecule has 5 rings (SSSR count). The summed E-state index contributed by atoms with van der Waals surface area (Å²) >= 11 is 0. The summed E-state index contributed by atoms with van der Waals surface area (Å²) in [5.74, 6) is 0.650. The molecule has 0 bridgehead atoms. The minimum atomic E-state index is -0.164. The first-order valence-electron chi connectivity index (χ1n) is 9.78. The summed E-state index contributed by atoms with van der Waals surface area (Å²) in [6.07, 6.45) is 1.52. The summed E-state index contributed by atoms with van der Waals surface area (Å²) in [5.41, 5.74) is 6.08. The molecule has 1 aromatic heterocycles. The second kappa shape index (κ2) is 7.35. The zero-order chi connectivity index (χ0) is 19.8. The van der Waals surface area contributed by atoms with E-state index in [0.29, 0.717) is 6.54 Å². The van der Waals surface area contributed by atoms with Gasteiger partial charge in [-0.3, -0.25) is 14.9 Å². The summed E-state index contributed by atoms with van der Waals surface area (Å²) < 4.78 is 0. The number of H-pyrrole nitrogens is 1. The van der Waals surface area contributed by atoms with Gasteiger partial charge in [-0.25, -0.2) is 4.98 Å². The van der Waals surface area contributed by atoms with Gasteiger partial charge in [-0.15, -0.1) is 0 Å². The quantitative estimate of drug-likeness (QED) is 0.639. The van der Waals surface area contributed by atoms with E-state index in [4.69, 9.17) is 4.99 Å². The maximum absolute atomic E-state index is 12.5. The molecule has 7 nitrogen and oxygen atoms in total. The fourth-order valence-electron chi connectivity index (χ4n) is 4.36. The van der Waals surface area contributed by atoms with Gasteiger partial charge in [0.05, 0.1) is 11.6 Å². The fraction of sp³-hybridized carbons (Fsp3) is 0.273. The molecule has 146 valence electrons. The van der Waals surface area contributed by atoms with Crippen LogP contribution in [0.25, 0.3) is 0 Å². The molecule has 2 aliphatic rings. The third-order valence-electron chi connectivity index (χ3n) is 5.69. The highest BCUT2D eigenvalue weighted by atomic mass is 16.1. The van der Waals surface area contributed by atoms with Crippen molar-refractivity contribution >= 4 is 11.5 Å². The van der Waals surface area contributed by atoms with E-state index in [0.717, 1.165) is 40.3 Å². The lowest BCUT2D eigenvalue weighted by Crippen LogP contribution is -2.31. The molecular weight excluding hydrogens is 364 g/mol. The van der Waals surface area contributed by atoms with Gasteiger partial charge < -0.3 is 10.6 Å². The summed E-state index contributed by atoms with van der Waals surface area (Å²) in [6.45, 7) is 1.65. The topological polar surface area (TPSA) is 95.1 Å². The average Bonchev–Trinajstić information content (AvgIpc) is 3.22. The van der Waals surface area contributed by atoms with Crippen LogP contribution in [-0.4, -0.2) is 40.3 Å². The summed E-state index contributed by atoms with van der Waals surface area (Å²) in [4.78, 5) is 21.7. The second-order valence-electron chi connectivity index (χ2n) is 7.44. The van der Waals surface area contributed by atoms with Crippen LogP contribution in [0, 0.1) is 0 Å². The van der Waals surface area contributed by atoms with E-state index in [9.17, 15) is 4.79 Å². The van der Waals surface area contributed by atoms with Crippen molar-refractivity contribution < 1.29 is 4.79 Å². The molecule has 0 radical (unpaired) electrons. The Balaban J connectivity index is 1.65. The minimum absolute atomic E-state index is 0.0428. The van der Waals surface area contributed by atoms with E-state index < -0.39 is 0 Å². The van der Waals surface area contributed by atoms with Gasteiger partial charge in [0.25, 0.3) is 0 Å². The van der Waals surface area contributed by atoms with E-state index >= 15 is 0 Å². The van der Waals surface area contributed by atoms with Crippen molar-refractivity contribution in [3.63, 3.8) is 0 Å². The SMILES string of the molecule is CNCc1ccc(C2NCc3cccc4c3C(=NCC4=O)C2c2ncn[nH]2)cc1. The Morgan fingerprint density at radius 3 is 2.79 bits per heavy atom. The Kier molecular flexibility index (Phi) is 4.54. The number of hydrogen-bond acceptors (Lipinski definition) is 6. The monoisotopic (exact) mass is 386 g/mol. The van der Waals surface area contributed by atoms with E-state index in [1.807, 2.05) is 19.2 Å². The van der Waals surface area contributed by atoms with Crippen molar-refractivity contribution in [2.45, 2.75) is 25.0 Å². The molecule has 0 saturated heterocycles. The standard InChI is InChI=1S/C22H22N6O/c1-23-9-13-5-7-14(8-6-13)20-19(22-26-12-27-28-22)21-18-15(10-24-20)3-2-4-16(18)17(29)11-25-21/h2-8,12,19-20,23-24H,9-11H2,1H3,(H,26,27,28). The van der Waals surface area contributed by atoms with Gasteiger partial charge >= 0.3 is 0 Å². The molecule has 0 aliphatic carbocycles. The van der Waals surface area contributed by atoms with E-state index in [1.165, 1.54) is 11.9 Å². The van der Waals surface area contributed by atoms with Gasteiger partial charge in [-0.2, -0.15) is 5.10 Å². The highest BCUT2D eigenvalue weighted by Gasteiger charge is 2.38. The van der Waals surface area contributed by atoms with Gasteiger partial charge in [0.15, 0.2) is 5.78 Å². The Morgan fingerprint density at radius 2 is 2.03 bits per heavy atom. The van der Waals surface area contributed by atoms with Crippen molar-refractivity contribution in [2.24, 2.45) is 4.99 Å². The van der Waals surface area contributed by atoms with Gasteiger partial charge in [0.2, 0.25) is 0 Å². The van der Waals surface area contributed by atoms with E-state index in [1.54, 1.807) is 0 Å². The first-order chi connectivity index (χ1) is 14.3. The molecule has 0 fully saturated rings. The second-order valence-corrected chi connectivity index (χ2v) is 7.44. The minimum Gasteiger partial charge on any atom is -0.316 e. The molecule has 2 atom stereocenters. The zero-order valence-corrected chi connectivity index (χ0v) is 16.1. The van der Waals surface area contributed by atoms with Crippen LogP contribution in [0.1, 0.15) is 50.4 Å². The number of hydrogen-bond donors (Lipinski definition) is 3. The number of ketones is 1. The Morgan fingerprint density at radius 1 is 1.17 bits per heavy atom. The Hall–Kier alpha value is -3.16. The maximum Gasteiger partial charge on any atom is 0.184 e. The maximum atomic E-state index is 12.5. The zero-order valence-electron chi connectivity index (χ0n) is 16.1. The first kappa shape index (κ1) is 17.9. The number of aromatic amines is 1. The van der Waals surface area contributed by atoms with Crippen LogP contribution >= 0.6 is 0 Å². The summed E-state index contributed by atoms with van der Waals surface area (Å²) in [6, 6.07) is 14.5. The van der Waals surface area contributed by atoms with Crippen molar-refractivity contribution in [3.05, 3.63) is 82.4 Å². The van der Waals surface area contributed by atoms with E-state index in [2.05, 4.69) is 56.1 Å². The van der Waals surface area contributed by atoms with E-state index in [-0.39, 0.29) is 24.3 Å². The molecule has 0 saturated carbocycles. The van der Waals surface area contributed by atoms with Crippen molar-refractivity contribution in [2.75, 3.05) is 13.6 Å². The van der Waals surface area contributed by atoms with Crippen LogP contribution < -0.4 is 10.6 Å². The third-order valence-corrected chi connectivity index (χ3v) is 5.69. The highest BCUT2D eigenvalue weighted by Crippen LogP contribution is 2.38. The fourth-order valence-corrected chi connectivity index (χ4v) is 4.36. The largest absolute Gasteiger partial charge is 0.316 e. The third kappa shape index (κ3) is 3.08. The van der Waals surface area contributed by atoms with Gasteiger partial charge in [0.1, 0.15) is 18.7 Å². The molecule has 7 heteroatoms. The normalized spacial score (nSPS) is 20.7. The number of carbonyl (C=O) groups excluding carboxylic acids is 1. The average molecular weight is 386 g/mol. The van der Waals surface area contributed by atoms with Crippen LogP contribution in [-0.2, 0) is 13.1 Å². The summed E-state index contributed by atoms with van der Waals surface area (Å²) in [5, 5.41) is 14.0. The van der Waals surface area contributed by atoms with Crippen molar-refractivity contribution in [1.29, 1.82) is 0 Å². The Bertz CT molecular complexity index is 1070. The molecule has 2 aromatic carbocycles. The lowest BCUT2D eigenvalue weighted by atomic mass is 9.82. The molecule has 29 heavy (non-hydrogen) atoms. The molecular formula is C22H22N6O. The lowest BCUT2D eigenvalue weighted by molar-refractivity contribution is 0.1000. The smallest absolute Gasteiger partial charge is 0.184 e.